The maximum absolute atomic E-state index is 12.2. The largest absolute Gasteiger partial charge is 0.376 e. The molecule has 0 spiro atoms. The minimum absolute atomic E-state index is 0.0636. The molecule has 1 amide bonds. The number of benzene rings is 1. The van der Waals surface area contributed by atoms with Gasteiger partial charge in [0.15, 0.2) is 0 Å². The van der Waals surface area contributed by atoms with Gasteiger partial charge in [-0.2, -0.15) is 5.26 Å². The van der Waals surface area contributed by atoms with Crippen molar-refractivity contribution in [1.82, 2.24) is 10.3 Å². The minimum atomic E-state index is -0.354. The SMILES string of the molecule is Cc1[nH]c2ccccc2c1C=C(C#N)C(=O)NCC1CCCO1. The van der Waals surface area contributed by atoms with Crippen LogP contribution in [-0.4, -0.2) is 30.1 Å². The standard InChI is InChI=1S/C18H19N3O2/c1-12-16(15-6-2-3-7-17(15)21-12)9-13(10-19)18(22)20-11-14-5-4-8-23-14/h2-3,6-7,9,14,21H,4-5,8,11H2,1H3,(H,20,22). The molecule has 1 atom stereocenters. The number of para-hydroxylation sites is 1. The maximum Gasteiger partial charge on any atom is 0.262 e. The smallest absolute Gasteiger partial charge is 0.262 e. The summed E-state index contributed by atoms with van der Waals surface area (Å²) in [7, 11) is 0. The van der Waals surface area contributed by atoms with E-state index in [-0.39, 0.29) is 17.6 Å². The molecule has 1 fully saturated rings. The topological polar surface area (TPSA) is 77.9 Å². The fourth-order valence-electron chi connectivity index (χ4n) is 2.88. The number of aromatic amines is 1. The third kappa shape index (κ3) is 3.27. The molecule has 0 bridgehead atoms. The number of aromatic nitrogens is 1. The number of nitrogens with one attached hydrogen (secondary N) is 2. The zero-order chi connectivity index (χ0) is 16.2. The fourth-order valence-corrected chi connectivity index (χ4v) is 2.88. The second kappa shape index (κ2) is 6.67. The predicted octanol–water partition coefficient (Wildman–Crippen LogP) is 2.68. The maximum atomic E-state index is 12.2. The molecule has 0 aliphatic carbocycles. The molecule has 1 aliphatic rings. The number of ether oxygens (including phenoxy) is 1. The average Bonchev–Trinajstić information content (AvgIpc) is 3.18. The number of nitrogens with zero attached hydrogens (tertiary/aromatic N) is 1. The summed E-state index contributed by atoms with van der Waals surface area (Å²) in [5.74, 6) is -0.354. The summed E-state index contributed by atoms with van der Waals surface area (Å²) >= 11 is 0. The summed E-state index contributed by atoms with van der Waals surface area (Å²) in [6, 6.07) is 9.84. The molecule has 23 heavy (non-hydrogen) atoms. The number of amides is 1. The van der Waals surface area contributed by atoms with Crippen LogP contribution in [0.25, 0.3) is 17.0 Å². The van der Waals surface area contributed by atoms with Gasteiger partial charge in [-0.05, 0) is 31.9 Å². The molecule has 5 heteroatoms. The molecular weight excluding hydrogens is 290 g/mol. The Hall–Kier alpha value is -2.58. The number of fused-ring (bicyclic) bond motifs is 1. The van der Waals surface area contributed by atoms with Gasteiger partial charge in [0.1, 0.15) is 11.6 Å². The Bertz CT molecular complexity index is 792. The zero-order valence-electron chi connectivity index (χ0n) is 13.1. The van der Waals surface area contributed by atoms with Crippen LogP contribution in [0, 0.1) is 18.3 Å². The monoisotopic (exact) mass is 309 g/mol. The molecule has 5 nitrogen and oxygen atoms in total. The van der Waals surface area contributed by atoms with Crippen LogP contribution in [0.3, 0.4) is 0 Å². The van der Waals surface area contributed by atoms with Crippen molar-refractivity contribution in [3.63, 3.8) is 0 Å². The van der Waals surface area contributed by atoms with Crippen LogP contribution in [0.4, 0.5) is 0 Å². The Morgan fingerprint density at radius 1 is 1.52 bits per heavy atom. The summed E-state index contributed by atoms with van der Waals surface area (Å²) in [6.07, 6.45) is 3.69. The summed E-state index contributed by atoms with van der Waals surface area (Å²) in [6.45, 7) is 3.13. The van der Waals surface area contributed by atoms with Gasteiger partial charge in [-0.15, -0.1) is 0 Å². The second-order valence-corrected chi connectivity index (χ2v) is 5.72. The quantitative estimate of drug-likeness (QED) is 0.673. The van der Waals surface area contributed by atoms with Crippen LogP contribution >= 0.6 is 0 Å². The van der Waals surface area contributed by atoms with Crippen molar-refractivity contribution < 1.29 is 9.53 Å². The number of rotatable bonds is 4. The van der Waals surface area contributed by atoms with Crippen LogP contribution in [0.1, 0.15) is 24.1 Å². The highest BCUT2D eigenvalue weighted by Gasteiger charge is 2.18. The molecule has 1 unspecified atom stereocenters. The van der Waals surface area contributed by atoms with Crippen molar-refractivity contribution in [2.45, 2.75) is 25.9 Å². The summed E-state index contributed by atoms with van der Waals surface area (Å²) in [5.41, 5.74) is 2.92. The van der Waals surface area contributed by atoms with Gasteiger partial charge in [-0.1, -0.05) is 18.2 Å². The fraction of sp³-hybridized carbons (Fsp3) is 0.333. The van der Waals surface area contributed by atoms with Gasteiger partial charge in [0, 0.05) is 35.3 Å². The number of hydrogen-bond donors (Lipinski definition) is 2. The van der Waals surface area contributed by atoms with Crippen molar-refractivity contribution in [2.24, 2.45) is 0 Å². The minimum Gasteiger partial charge on any atom is -0.376 e. The lowest BCUT2D eigenvalue weighted by molar-refractivity contribution is -0.117. The van der Waals surface area contributed by atoms with Crippen molar-refractivity contribution in [2.75, 3.05) is 13.2 Å². The van der Waals surface area contributed by atoms with E-state index in [2.05, 4.69) is 10.3 Å². The van der Waals surface area contributed by atoms with Crippen molar-refractivity contribution >= 4 is 22.9 Å². The molecule has 1 saturated heterocycles. The van der Waals surface area contributed by atoms with Crippen LogP contribution in [-0.2, 0) is 9.53 Å². The van der Waals surface area contributed by atoms with Crippen molar-refractivity contribution in [3.8, 4) is 6.07 Å². The molecule has 1 aliphatic heterocycles. The molecule has 2 heterocycles. The zero-order valence-corrected chi connectivity index (χ0v) is 13.1. The van der Waals surface area contributed by atoms with Gasteiger partial charge < -0.3 is 15.0 Å². The molecule has 0 radical (unpaired) electrons. The lowest BCUT2D eigenvalue weighted by atomic mass is 10.1. The Kier molecular flexibility index (Phi) is 4.45. The molecule has 3 rings (SSSR count). The lowest BCUT2D eigenvalue weighted by Crippen LogP contribution is -2.32. The first kappa shape index (κ1) is 15.3. The summed E-state index contributed by atoms with van der Waals surface area (Å²) < 4.78 is 5.48. The van der Waals surface area contributed by atoms with Crippen molar-refractivity contribution in [3.05, 3.63) is 41.1 Å². The number of carbonyl (C=O) groups excluding carboxylic acids is 1. The second-order valence-electron chi connectivity index (χ2n) is 5.72. The number of aryl methyl sites for hydroxylation is 1. The Morgan fingerprint density at radius 3 is 3.09 bits per heavy atom. The lowest BCUT2D eigenvalue weighted by Gasteiger charge is -2.10. The molecule has 1 aromatic heterocycles. The first-order valence-electron chi connectivity index (χ1n) is 7.78. The van der Waals surface area contributed by atoms with E-state index in [0.717, 1.165) is 41.6 Å². The predicted molar refractivity (Wildman–Crippen MR) is 88.6 cm³/mol. The summed E-state index contributed by atoms with van der Waals surface area (Å²) in [5, 5.41) is 13.1. The van der Waals surface area contributed by atoms with Gasteiger partial charge >= 0.3 is 0 Å². The molecule has 118 valence electrons. The number of H-pyrrole nitrogens is 1. The normalized spacial score (nSPS) is 18.1. The van der Waals surface area contributed by atoms with Gasteiger partial charge in [-0.25, -0.2) is 0 Å². The third-order valence-electron chi connectivity index (χ3n) is 4.11. The Balaban J connectivity index is 1.81. The number of hydrogen-bond acceptors (Lipinski definition) is 3. The van der Waals surface area contributed by atoms with E-state index in [9.17, 15) is 10.1 Å². The molecule has 2 aromatic rings. The van der Waals surface area contributed by atoms with Gasteiger partial charge in [0.25, 0.3) is 5.91 Å². The van der Waals surface area contributed by atoms with E-state index < -0.39 is 0 Å². The van der Waals surface area contributed by atoms with Crippen LogP contribution in [0.2, 0.25) is 0 Å². The van der Waals surface area contributed by atoms with E-state index >= 15 is 0 Å². The average molecular weight is 309 g/mol. The first-order chi connectivity index (χ1) is 11.2. The van der Waals surface area contributed by atoms with E-state index in [0.29, 0.717) is 6.54 Å². The van der Waals surface area contributed by atoms with Gasteiger partial charge in [0.05, 0.1) is 6.10 Å². The Morgan fingerprint density at radius 2 is 2.35 bits per heavy atom. The summed E-state index contributed by atoms with van der Waals surface area (Å²) in [4.78, 5) is 15.5. The highest BCUT2D eigenvalue weighted by atomic mass is 16.5. The third-order valence-corrected chi connectivity index (χ3v) is 4.11. The van der Waals surface area contributed by atoms with Gasteiger partial charge in [0.2, 0.25) is 0 Å². The molecule has 1 aromatic carbocycles. The molecular formula is C18H19N3O2. The first-order valence-corrected chi connectivity index (χ1v) is 7.78. The Labute approximate surface area is 134 Å². The highest BCUT2D eigenvalue weighted by Crippen LogP contribution is 2.24. The van der Waals surface area contributed by atoms with Crippen LogP contribution in [0.5, 0.6) is 0 Å². The van der Waals surface area contributed by atoms with E-state index in [1.54, 1.807) is 6.08 Å². The van der Waals surface area contributed by atoms with Crippen molar-refractivity contribution in [1.29, 1.82) is 5.26 Å². The van der Waals surface area contributed by atoms with E-state index in [1.165, 1.54) is 0 Å². The molecule has 0 saturated carbocycles. The van der Waals surface area contributed by atoms with Gasteiger partial charge in [-0.3, -0.25) is 4.79 Å². The van der Waals surface area contributed by atoms with E-state index in [1.807, 2.05) is 37.3 Å². The van der Waals surface area contributed by atoms with E-state index in [4.69, 9.17) is 4.74 Å². The number of nitriles is 1. The number of carbonyl (C=O) groups is 1. The molecule has 2 N–H and O–H groups in total. The highest BCUT2D eigenvalue weighted by molar-refractivity contribution is 6.04. The van der Waals surface area contributed by atoms with Crippen LogP contribution < -0.4 is 5.32 Å². The van der Waals surface area contributed by atoms with Crippen LogP contribution in [0.15, 0.2) is 29.8 Å².